The molecule has 1 unspecified atom stereocenters. The zero-order chi connectivity index (χ0) is 24.9. The molecule has 3 aromatic carbocycles. The third-order valence-electron chi connectivity index (χ3n) is 6.22. The number of aliphatic hydroxyl groups excluding tert-OH is 1. The number of rotatable bonds is 9. The van der Waals surface area contributed by atoms with Gasteiger partial charge in [0.25, 0.3) is 5.91 Å². The van der Waals surface area contributed by atoms with Crippen LogP contribution >= 0.6 is 0 Å². The van der Waals surface area contributed by atoms with Crippen molar-refractivity contribution in [3.63, 3.8) is 0 Å². The number of benzene rings is 3. The van der Waals surface area contributed by atoms with Gasteiger partial charge in [-0.15, -0.1) is 0 Å². The first-order valence-electron chi connectivity index (χ1n) is 11.7. The number of ether oxygens (including phenoxy) is 1. The molecular formula is C30H25NO5. The maximum Gasteiger partial charge on any atom is 0.290 e. The molecule has 5 rings (SSSR count). The SMILES string of the molecule is O=C(C1=C(O)C(=O)N(CCc2ccccc2)C1c1ccc(OCc2ccccc2)cc1)c1ccco1. The molecule has 0 spiro atoms. The number of hydrogen-bond donors (Lipinski definition) is 1. The van der Waals surface area contributed by atoms with Gasteiger partial charge in [-0.05, 0) is 47.4 Å². The molecule has 1 amide bonds. The Balaban J connectivity index is 1.42. The van der Waals surface area contributed by atoms with Crippen molar-refractivity contribution >= 4 is 11.7 Å². The Bertz CT molecular complexity index is 1360. The van der Waals surface area contributed by atoms with Gasteiger partial charge in [0.05, 0.1) is 17.9 Å². The Morgan fingerprint density at radius 3 is 2.17 bits per heavy atom. The summed E-state index contributed by atoms with van der Waals surface area (Å²) in [6, 6.07) is 29.3. The minimum Gasteiger partial charge on any atom is -0.503 e. The molecule has 0 aliphatic carbocycles. The van der Waals surface area contributed by atoms with E-state index in [-0.39, 0.29) is 11.3 Å². The van der Waals surface area contributed by atoms with Crippen molar-refractivity contribution < 1.29 is 23.8 Å². The van der Waals surface area contributed by atoms with E-state index in [9.17, 15) is 14.7 Å². The molecule has 0 saturated carbocycles. The standard InChI is InChI=1S/C30H25NO5/c32-28(25-12-7-19-35-25)26-27(31(30(34)29(26)33)18-17-21-8-3-1-4-9-21)23-13-15-24(16-14-23)36-20-22-10-5-2-6-11-22/h1-16,19,27,33H,17-18,20H2. The van der Waals surface area contributed by atoms with Crippen molar-refractivity contribution in [3.8, 4) is 5.75 Å². The molecule has 2 heterocycles. The van der Waals surface area contributed by atoms with Gasteiger partial charge in [-0.3, -0.25) is 9.59 Å². The molecule has 36 heavy (non-hydrogen) atoms. The van der Waals surface area contributed by atoms with E-state index in [1.54, 1.807) is 11.0 Å². The van der Waals surface area contributed by atoms with Gasteiger partial charge >= 0.3 is 0 Å². The highest BCUT2D eigenvalue weighted by atomic mass is 16.5. The average molecular weight is 480 g/mol. The summed E-state index contributed by atoms with van der Waals surface area (Å²) in [7, 11) is 0. The molecule has 1 N–H and O–H groups in total. The first-order chi connectivity index (χ1) is 17.6. The van der Waals surface area contributed by atoms with Crippen LogP contribution in [0.25, 0.3) is 0 Å². The first-order valence-corrected chi connectivity index (χ1v) is 11.7. The lowest BCUT2D eigenvalue weighted by Gasteiger charge is -2.27. The Morgan fingerprint density at radius 2 is 1.53 bits per heavy atom. The summed E-state index contributed by atoms with van der Waals surface area (Å²) in [5, 5.41) is 10.8. The zero-order valence-corrected chi connectivity index (χ0v) is 19.5. The third kappa shape index (κ3) is 4.79. The Kier molecular flexibility index (Phi) is 6.67. The molecule has 180 valence electrons. The number of carbonyl (C=O) groups excluding carboxylic acids is 2. The van der Waals surface area contributed by atoms with Crippen LogP contribution in [0, 0.1) is 0 Å². The van der Waals surface area contributed by atoms with Crippen molar-refractivity contribution in [2.75, 3.05) is 6.54 Å². The number of carbonyl (C=O) groups is 2. The van der Waals surface area contributed by atoms with Gasteiger partial charge in [0.15, 0.2) is 11.5 Å². The fraction of sp³-hybridized carbons (Fsp3) is 0.133. The Labute approximate surface area is 209 Å². The largest absolute Gasteiger partial charge is 0.503 e. The number of Topliss-reactive ketones (excluding diaryl/α,β-unsaturated/α-hetero) is 1. The van der Waals surface area contributed by atoms with Crippen LogP contribution in [0.5, 0.6) is 5.75 Å². The van der Waals surface area contributed by atoms with Gasteiger partial charge in [0.2, 0.25) is 5.78 Å². The molecule has 0 bridgehead atoms. The zero-order valence-electron chi connectivity index (χ0n) is 19.5. The molecule has 0 radical (unpaired) electrons. The van der Waals surface area contributed by atoms with E-state index in [4.69, 9.17) is 9.15 Å². The van der Waals surface area contributed by atoms with Crippen molar-refractivity contribution in [2.24, 2.45) is 0 Å². The van der Waals surface area contributed by atoms with E-state index in [0.29, 0.717) is 30.9 Å². The van der Waals surface area contributed by atoms with Crippen LogP contribution in [0.1, 0.15) is 33.3 Å². The van der Waals surface area contributed by atoms with E-state index in [0.717, 1.165) is 11.1 Å². The first kappa shape index (κ1) is 23.2. The smallest absolute Gasteiger partial charge is 0.290 e. The van der Waals surface area contributed by atoms with E-state index in [2.05, 4.69) is 0 Å². The topological polar surface area (TPSA) is 80.0 Å². The van der Waals surface area contributed by atoms with E-state index < -0.39 is 23.5 Å². The maximum absolute atomic E-state index is 13.3. The summed E-state index contributed by atoms with van der Waals surface area (Å²) < 4.78 is 11.2. The third-order valence-corrected chi connectivity index (χ3v) is 6.22. The van der Waals surface area contributed by atoms with Crippen LogP contribution < -0.4 is 4.74 Å². The van der Waals surface area contributed by atoms with Gasteiger partial charge in [-0.2, -0.15) is 0 Å². The predicted octanol–water partition coefficient (Wildman–Crippen LogP) is 5.68. The van der Waals surface area contributed by atoms with Gasteiger partial charge < -0.3 is 19.2 Å². The van der Waals surface area contributed by atoms with E-state index >= 15 is 0 Å². The minimum atomic E-state index is -0.748. The number of furan rings is 1. The van der Waals surface area contributed by atoms with Gasteiger partial charge in [0.1, 0.15) is 12.4 Å². The summed E-state index contributed by atoms with van der Waals surface area (Å²) in [6.45, 7) is 0.757. The van der Waals surface area contributed by atoms with Crippen LogP contribution in [0.15, 0.2) is 119 Å². The number of amides is 1. The Morgan fingerprint density at radius 1 is 0.861 bits per heavy atom. The lowest BCUT2D eigenvalue weighted by Crippen LogP contribution is -2.33. The lowest BCUT2D eigenvalue weighted by molar-refractivity contribution is -0.129. The minimum absolute atomic E-state index is 0.0148. The molecule has 1 atom stereocenters. The summed E-state index contributed by atoms with van der Waals surface area (Å²) in [5.41, 5.74) is 2.82. The number of nitrogens with zero attached hydrogens (tertiary/aromatic N) is 1. The second kappa shape index (κ2) is 10.4. The Hall–Kier alpha value is -4.58. The molecule has 0 fully saturated rings. The summed E-state index contributed by atoms with van der Waals surface area (Å²) in [4.78, 5) is 28.0. The highest BCUT2D eigenvalue weighted by Gasteiger charge is 2.44. The van der Waals surface area contributed by atoms with Gasteiger partial charge in [-0.25, -0.2) is 0 Å². The number of hydrogen-bond acceptors (Lipinski definition) is 5. The maximum atomic E-state index is 13.3. The summed E-state index contributed by atoms with van der Waals surface area (Å²) in [5.74, 6) is -0.895. The highest BCUT2D eigenvalue weighted by molar-refractivity contribution is 6.15. The summed E-state index contributed by atoms with van der Waals surface area (Å²) in [6.07, 6.45) is 1.97. The van der Waals surface area contributed by atoms with Crippen LogP contribution in [0.3, 0.4) is 0 Å². The second-order valence-corrected chi connectivity index (χ2v) is 8.55. The van der Waals surface area contributed by atoms with Crippen molar-refractivity contribution in [2.45, 2.75) is 19.1 Å². The highest BCUT2D eigenvalue weighted by Crippen LogP contribution is 2.39. The predicted molar refractivity (Wildman–Crippen MR) is 135 cm³/mol. The fourth-order valence-corrected chi connectivity index (χ4v) is 4.38. The monoisotopic (exact) mass is 479 g/mol. The van der Waals surface area contributed by atoms with Crippen LogP contribution in [0.2, 0.25) is 0 Å². The molecular weight excluding hydrogens is 454 g/mol. The van der Waals surface area contributed by atoms with Crippen LogP contribution in [0.4, 0.5) is 0 Å². The van der Waals surface area contributed by atoms with Crippen molar-refractivity contribution in [1.29, 1.82) is 0 Å². The lowest BCUT2D eigenvalue weighted by atomic mass is 9.95. The van der Waals surface area contributed by atoms with Crippen LogP contribution in [-0.2, 0) is 17.8 Å². The number of ketones is 1. The molecule has 6 heteroatoms. The molecule has 0 saturated heterocycles. The van der Waals surface area contributed by atoms with E-state index in [1.165, 1.54) is 12.3 Å². The molecule has 6 nitrogen and oxygen atoms in total. The normalized spacial score (nSPS) is 15.4. The molecule has 1 aliphatic heterocycles. The quantitative estimate of drug-likeness (QED) is 0.313. The molecule has 4 aromatic rings. The second-order valence-electron chi connectivity index (χ2n) is 8.55. The van der Waals surface area contributed by atoms with E-state index in [1.807, 2.05) is 84.9 Å². The van der Waals surface area contributed by atoms with Crippen molar-refractivity contribution in [1.82, 2.24) is 4.90 Å². The molecule has 1 aromatic heterocycles. The molecule has 1 aliphatic rings. The summed E-state index contributed by atoms with van der Waals surface area (Å²) >= 11 is 0. The van der Waals surface area contributed by atoms with Crippen molar-refractivity contribution in [3.05, 3.63) is 137 Å². The van der Waals surface area contributed by atoms with Gasteiger partial charge in [0, 0.05) is 6.54 Å². The van der Waals surface area contributed by atoms with Crippen LogP contribution in [-0.4, -0.2) is 28.2 Å². The average Bonchev–Trinajstić information content (AvgIpc) is 3.55. The van der Waals surface area contributed by atoms with Gasteiger partial charge in [-0.1, -0.05) is 72.8 Å². The fourth-order valence-electron chi connectivity index (χ4n) is 4.38. The number of aliphatic hydroxyl groups is 1.